The van der Waals surface area contributed by atoms with Crippen LogP contribution in [0.15, 0.2) is 36.7 Å². The normalized spacial score (nSPS) is 14.3. The minimum atomic E-state index is -2.09. The summed E-state index contributed by atoms with van der Waals surface area (Å²) in [4.78, 5) is 5.17. The van der Waals surface area contributed by atoms with Crippen LogP contribution in [0.4, 0.5) is 0 Å². The van der Waals surface area contributed by atoms with E-state index in [-0.39, 0.29) is 18.4 Å². The van der Waals surface area contributed by atoms with Crippen LogP contribution in [-0.4, -0.2) is 53.0 Å². The zero-order chi connectivity index (χ0) is 17.0. The molecule has 0 aliphatic rings. The standard InChI is InChI=1S/C15H28N2O4S/c1-6-15(17(21-5)11-12-22(18)19)9-7-8-10-16-13(2)14(3)20-4/h6,9,14,16H,1-2,7-8,10-12H2,3-5H3,(H,18,19)/p-1/b15-9+/t14-/m0/s1. The first-order valence-corrected chi connectivity index (χ1v) is 8.36. The van der Waals surface area contributed by atoms with Crippen LogP contribution in [0.5, 0.6) is 0 Å². The van der Waals surface area contributed by atoms with Gasteiger partial charge in [-0.1, -0.05) is 30.3 Å². The Bertz CT molecular complexity index is 399. The third-order valence-electron chi connectivity index (χ3n) is 3.11. The van der Waals surface area contributed by atoms with Gasteiger partial charge in [0.05, 0.1) is 25.5 Å². The Labute approximate surface area is 136 Å². The topological polar surface area (TPSA) is 73.9 Å². The molecular formula is C15H27N2O4S-. The van der Waals surface area contributed by atoms with Crippen molar-refractivity contribution in [2.24, 2.45) is 0 Å². The van der Waals surface area contributed by atoms with Gasteiger partial charge >= 0.3 is 0 Å². The molecule has 128 valence electrons. The van der Waals surface area contributed by atoms with Gasteiger partial charge in [0, 0.05) is 25.1 Å². The van der Waals surface area contributed by atoms with Crippen LogP contribution in [0.3, 0.4) is 0 Å². The Morgan fingerprint density at radius 3 is 2.68 bits per heavy atom. The number of nitrogens with one attached hydrogen (secondary N) is 1. The predicted molar refractivity (Wildman–Crippen MR) is 88.6 cm³/mol. The molecule has 0 fully saturated rings. The molecular weight excluding hydrogens is 304 g/mol. The van der Waals surface area contributed by atoms with Crippen molar-refractivity contribution in [2.75, 3.05) is 33.1 Å². The summed E-state index contributed by atoms with van der Waals surface area (Å²) in [6.07, 6.45) is 5.31. The van der Waals surface area contributed by atoms with Gasteiger partial charge in [-0.25, -0.2) is 0 Å². The monoisotopic (exact) mass is 331 g/mol. The van der Waals surface area contributed by atoms with Gasteiger partial charge in [0.2, 0.25) is 0 Å². The van der Waals surface area contributed by atoms with E-state index in [0.717, 1.165) is 30.8 Å². The van der Waals surface area contributed by atoms with Gasteiger partial charge in [-0.05, 0) is 25.8 Å². The maximum absolute atomic E-state index is 10.6. The van der Waals surface area contributed by atoms with Crippen molar-refractivity contribution in [1.82, 2.24) is 10.4 Å². The second kappa shape index (κ2) is 12.4. The molecule has 0 aliphatic heterocycles. The Morgan fingerprint density at radius 1 is 1.50 bits per heavy atom. The third kappa shape index (κ3) is 8.99. The number of ether oxygens (including phenoxy) is 1. The van der Waals surface area contributed by atoms with E-state index in [4.69, 9.17) is 9.57 Å². The van der Waals surface area contributed by atoms with Crippen LogP contribution in [0.2, 0.25) is 0 Å². The van der Waals surface area contributed by atoms with Crippen molar-refractivity contribution in [3.63, 3.8) is 0 Å². The number of unbranched alkanes of at least 4 members (excludes halogenated alkanes) is 1. The molecule has 0 aromatic rings. The highest BCUT2D eigenvalue weighted by atomic mass is 32.2. The number of hydrogen-bond acceptors (Lipinski definition) is 6. The Kier molecular flexibility index (Phi) is 11.8. The molecule has 0 amide bonds. The summed E-state index contributed by atoms with van der Waals surface area (Å²) in [6.45, 7) is 10.6. The Morgan fingerprint density at radius 2 is 2.18 bits per heavy atom. The van der Waals surface area contributed by atoms with Gasteiger partial charge in [-0.2, -0.15) is 0 Å². The lowest BCUT2D eigenvalue weighted by Crippen LogP contribution is -2.26. The molecule has 0 aromatic heterocycles. The van der Waals surface area contributed by atoms with E-state index < -0.39 is 11.1 Å². The second-order valence-corrected chi connectivity index (χ2v) is 5.61. The number of hydroxylamine groups is 2. The van der Waals surface area contributed by atoms with Crippen LogP contribution in [0.1, 0.15) is 19.8 Å². The molecule has 0 bridgehead atoms. The van der Waals surface area contributed by atoms with Gasteiger partial charge in [0.1, 0.15) is 0 Å². The highest BCUT2D eigenvalue weighted by molar-refractivity contribution is 7.79. The molecule has 0 radical (unpaired) electrons. The van der Waals surface area contributed by atoms with Crippen molar-refractivity contribution in [2.45, 2.75) is 25.9 Å². The summed E-state index contributed by atoms with van der Waals surface area (Å²) < 4.78 is 26.4. The SMILES string of the molecule is C=C/C(=C\CCCNC(=C)[C@H](C)OC)N(CCS(=O)[O-])OC. The van der Waals surface area contributed by atoms with E-state index in [1.54, 1.807) is 13.2 Å². The predicted octanol–water partition coefficient (Wildman–Crippen LogP) is 1.72. The van der Waals surface area contributed by atoms with Crippen molar-refractivity contribution >= 4 is 11.1 Å². The fourth-order valence-corrected chi connectivity index (χ4v) is 1.97. The van der Waals surface area contributed by atoms with Gasteiger partial charge in [-0.3, -0.25) is 14.1 Å². The second-order valence-electron chi connectivity index (χ2n) is 4.60. The number of nitrogens with zero attached hydrogens (tertiary/aromatic N) is 1. The zero-order valence-corrected chi connectivity index (χ0v) is 14.5. The van der Waals surface area contributed by atoms with Crippen LogP contribution in [0.25, 0.3) is 0 Å². The first kappa shape index (κ1) is 20.9. The molecule has 1 N–H and O–H groups in total. The van der Waals surface area contributed by atoms with Gasteiger partial charge < -0.3 is 14.6 Å². The van der Waals surface area contributed by atoms with Crippen LogP contribution in [-0.2, 0) is 20.7 Å². The maximum Gasteiger partial charge on any atom is 0.0931 e. The molecule has 2 atom stereocenters. The van der Waals surface area contributed by atoms with Crippen LogP contribution in [0, 0.1) is 0 Å². The van der Waals surface area contributed by atoms with E-state index in [1.165, 1.54) is 12.2 Å². The molecule has 22 heavy (non-hydrogen) atoms. The molecule has 0 rings (SSSR count). The fraction of sp³-hybridized carbons (Fsp3) is 0.600. The average molecular weight is 331 g/mol. The third-order valence-corrected chi connectivity index (χ3v) is 3.63. The Balaban J connectivity index is 4.22. The molecule has 0 aromatic carbocycles. The van der Waals surface area contributed by atoms with E-state index in [0.29, 0.717) is 0 Å². The smallest absolute Gasteiger partial charge is 0.0931 e. The lowest BCUT2D eigenvalue weighted by Gasteiger charge is -2.23. The largest absolute Gasteiger partial charge is 0.772 e. The lowest BCUT2D eigenvalue weighted by molar-refractivity contribution is -0.0919. The molecule has 0 aliphatic carbocycles. The molecule has 7 heteroatoms. The summed E-state index contributed by atoms with van der Waals surface area (Å²) in [5.41, 5.74) is 1.61. The first-order valence-electron chi connectivity index (χ1n) is 7.11. The minimum Gasteiger partial charge on any atom is -0.772 e. The van der Waals surface area contributed by atoms with E-state index in [2.05, 4.69) is 18.5 Å². The first-order chi connectivity index (χ1) is 10.5. The summed E-state index contributed by atoms with van der Waals surface area (Å²) in [6, 6.07) is 0. The minimum absolute atomic E-state index is 0.00923. The molecule has 0 saturated carbocycles. The zero-order valence-electron chi connectivity index (χ0n) is 13.7. The highest BCUT2D eigenvalue weighted by Gasteiger charge is 2.06. The summed E-state index contributed by atoms with van der Waals surface area (Å²) in [7, 11) is 3.15. The number of hydrogen-bond donors (Lipinski definition) is 1. The van der Waals surface area contributed by atoms with Crippen molar-refractivity contribution in [3.05, 3.63) is 36.7 Å². The van der Waals surface area contributed by atoms with Crippen molar-refractivity contribution in [3.8, 4) is 0 Å². The van der Waals surface area contributed by atoms with Crippen LogP contribution < -0.4 is 5.32 Å². The number of methoxy groups -OCH3 is 1. The summed E-state index contributed by atoms with van der Waals surface area (Å²) >= 11 is -2.09. The van der Waals surface area contributed by atoms with Gasteiger partial charge in [0.15, 0.2) is 0 Å². The number of rotatable bonds is 13. The summed E-state index contributed by atoms with van der Waals surface area (Å²) in [5.74, 6) is 0.00923. The molecule has 1 unspecified atom stereocenters. The molecule has 0 heterocycles. The maximum atomic E-state index is 10.6. The van der Waals surface area contributed by atoms with E-state index in [9.17, 15) is 8.76 Å². The molecule has 6 nitrogen and oxygen atoms in total. The number of allylic oxidation sites excluding steroid dienone is 2. The van der Waals surface area contributed by atoms with Gasteiger partial charge in [-0.15, -0.1) is 0 Å². The van der Waals surface area contributed by atoms with E-state index >= 15 is 0 Å². The lowest BCUT2D eigenvalue weighted by atomic mass is 10.2. The van der Waals surface area contributed by atoms with Crippen molar-refractivity contribution in [1.29, 1.82) is 0 Å². The molecule has 0 saturated heterocycles. The average Bonchev–Trinajstić information content (AvgIpc) is 2.51. The van der Waals surface area contributed by atoms with Gasteiger partial charge in [0.25, 0.3) is 0 Å². The summed E-state index contributed by atoms with van der Waals surface area (Å²) in [5, 5.41) is 4.72. The quantitative estimate of drug-likeness (QED) is 0.240. The van der Waals surface area contributed by atoms with Crippen LogP contribution >= 0.6 is 0 Å². The van der Waals surface area contributed by atoms with E-state index in [1.807, 2.05) is 13.0 Å². The van der Waals surface area contributed by atoms with Crippen molar-refractivity contribution < 1.29 is 18.3 Å². The fourth-order valence-electron chi connectivity index (χ4n) is 1.66. The highest BCUT2D eigenvalue weighted by Crippen LogP contribution is 2.08. The molecule has 0 spiro atoms. The Hall–Kier alpha value is -1.15.